The molecule has 12 rings (SSSR count). The summed E-state index contributed by atoms with van der Waals surface area (Å²) in [5, 5.41) is 5.27. The van der Waals surface area contributed by atoms with E-state index in [1.54, 1.807) is 0 Å². The first-order valence-electron chi connectivity index (χ1n) is 23.0. The molecule has 9 aromatic rings. The van der Waals surface area contributed by atoms with E-state index in [4.69, 9.17) is 0 Å². The third-order valence-electron chi connectivity index (χ3n) is 14.9. The molecular formula is C59H56BN3. The first-order chi connectivity index (χ1) is 29.9. The smallest absolute Gasteiger partial charge is 0.333 e. The number of anilines is 2. The van der Waals surface area contributed by atoms with Gasteiger partial charge in [-0.1, -0.05) is 167 Å². The van der Waals surface area contributed by atoms with E-state index in [1.807, 2.05) is 0 Å². The van der Waals surface area contributed by atoms with Gasteiger partial charge in [-0.15, -0.1) is 0 Å². The molecule has 2 aromatic heterocycles. The quantitative estimate of drug-likeness (QED) is 0.158. The number of rotatable bonds is 2. The zero-order chi connectivity index (χ0) is 43.7. The van der Waals surface area contributed by atoms with Crippen LogP contribution in [0.2, 0.25) is 0 Å². The van der Waals surface area contributed by atoms with E-state index < -0.39 is 0 Å². The molecule has 0 bridgehead atoms. The molecule has 2 aliphatic heterocycles. The summed E-state index contributed by atoms with van der Waals surface area (Å²) in [4.78, 5) is 2.69. The highest BCUT2D eigenvalue weighted by molar-refractivity contribution is 6.93. The van der Waals surface area contributed by atoms with Gasteiger partial charge in [0.15, 0.2) is 0 Å². The predicted octanol–water partition coefficient (Wildman–Crippen LogP) is 14.9. The Kier molecular flexibility index (Phi) is 7.61. The van der Waals surface area contributed by atoms with E-state index >= 15 is 0 Å². The average Bonchev–Trinajstić information content (AvgIpc) is 3.85. The fourth-order valence-electron chi connectivity index (χ4n) is 11.7. The van der Waals surface area contributed by atoms with Crippen LogP contribution in [0.5, 0.6) is 0 Å². The number of aromatic nitrogens is 2. The molecule has 0 saturated heterocycles. The van der Waals surface area contributed by atoms with Crippen LogP contribution in [0.1, 0.15) is 104 Å². The van der Waals surface area contributed by atoms with Gasteiger partial charge in [-0.05, 0) is 109 Å². The molecule has 0 radical (unpaired) electrons. The van der Waals surface area contributed by atoms with Crippen molar-refractivity contribution in [2.24, 2.45) is 0 Å². The fourth-order valence-corrected chi connectivity index (χ4v) is 11.7. The van der Waals surface area contributed by atoms with Crippen LogP contribution in [0.25, 0.3) is 65.9 Å². The summed E-state index contributed by atoms with van der Waals surface area (Å²) >= 11 is 0. The minimum Gasteiger partial charge on any atom is -0.375 e. The van der Waals surface area contributed by atoms with Gasteiger partial charge in [0, 0.05) is 66.3 Å². The Balaban J connectivity index is 1.27. The van der Waals surface area contributed by atoms with Crippen LogP contribution >= 0.6 is 0 Å². The Labute approximate surface area is 372 Å². The van der Waals surface area contributed by atoms with E-state index in [0.29, 0.717) is 0 Å². The summed E-state index contributed by atoms with van der Waals surface area (Å²) in [7, 11) is 0. The molecule has 63 heavy (non-hydrogen) atoms. The monoisotopic (exact) mass is 817 g/mol. The maximum Gasteiger partial charge on any atom is 0.333 e. The number of para-hydroxylation sites is 3. The normalized spacial score (nSPS) is 15.5. The number of benzene rings is 7. The molecule has 310 valence electrons. The van der Waals surface area contributed by atoms with Crippen molar-refractivity contribution in [1.29, 1.82) is 0 Å². The highest BCUT2D eigenvalue weighted by Crippen LogP contribution is 2.58. The predicted molar refractivity (Wildman–Crippen MR) is 271 cm³/mol. The summed E-state index contributed by atoms with van der Waals surface area (Å²) in [5.41, 5.74) is 22.2. The summed E-state index contributed by atoms with van der Waals surface area (Å²) in [6, 6.07) is 53.9. The molecule has 4 heterocycles. The van der Waals surface area contributed by atoms with Gasteiger partial charge in [-0.2, -0.15) is 0 Å². The van der Waals surface area contributed by atoms with Gasteiger partial charge < -0.3 is 13.9 Å². The van der Waals surface area contributed by atoms with E-state index in [2.05, 4.69) is 230 Å². The lowest BCUT2D eigenvalue weighted by Gasteiger charge is -2.44. The van der Waals surface area contributed by atoms with Crippen LogP contribution in [0.4, 0.5) is 11.4 Å². The van der Waals surface area contributed by atoms with Crippen molar-refractivity contribution in [3.8, 4) is 16.8 Å². The van der Waals surface area contributed by atoms with Crippen molar-refractivity contribution >= 4 is 72.8 Å². The Bertz CT molecular complexity index is 3460. The number of fused-ring (bicyclic) bond motifs is 12. The second kappa shape index (κ2) is 12.5. The molecule has 3 nitrogen and oxygen atoms in total. The van der Waals surface area contributed by atoms with E-state index in [-0.39, 0.29) is 28.5 Å². The van der Waals surface area contributed by atoms with Gasteiger partial charge in [0.1, 0.15) is 0 Å². The average molecular weight is 818 g/mol. The maximum absolute atomic E-state index is 2.78. The van der Waals surface area contributed by atoms with Gasteiger partial charge in [0.25, 0.3) is 0 Å². The molecular weight excluding hydrogens is 761 g/mol. The summed E-state index contributed by atoms with van der Waals surface area (Å²) in [5.74, 6) is 0. The van der Waals surface area contributed by atoms with Crippen LogP contribution in [0, 0.1) is 0 Å². The van der Waals surface area contributed by atoms with E-state index in [1.165, 1.54) is 116 Å². The number of hydrogen-bond acceptors (Lipinski definition) is 1. The lowest BCUT2D eigenvalue weighted by atomic mass is 9.43. The number of hydrogen-bond donors (Lipinski definition) is 0. The van der Waals surface area contributed by atoms with Gasteiger partial charge in [0.2, 0.25) is 0 Å². The third-order valence-corrected chi connectivity index (χ3v) is 14.9. The van der Waals surface area contributed by atoms with Crippen LogP contribution < -0.4 is 10.4 Å². The molecule has 0 fully saturated rings. The first kappa shape index (κ1) is 38.4. The number of nitrogens with zero attached hydrogens (tertiary/aromatic N) is 3. The van der Waals surface area contributed by atoms with Crippen LogP contribution in [0.15, 0.2) is 145 Å². The molecule has 0 N–H and O–H groups in total. The van der Waals surface area contributed by atoms with Crippen molar-refractivity contribution in [3.05, 3.63) is 173 Å². The molecule has 0 saturated carbocycles. The summed E-state index contributed by atoms with van der Waals surface area (Å²) < 4.78 is 5.24. The zero-order valence-corrected chi connectivity index (χ0v) is 38.7. The molecule has 0 spiro atoms. The summed E-state index contributed by atoms with van der Waals surface area (Å²) in [6.07, 6.45) is 0. The highest BCUT2D eigenvalue weighted by atomic mass is 15.2. The fraction of sp³-hybridized carbons (Fsp3) is 0.254. The lowest BCUT2D eigenvalue weighted by molar-refractivity contribution is 0.586. The Morgan fingerprint density at radius 2 is 1.10 bits per heavy atom. The van der Waals surface area contributed by atoms with Gasteiger partial charge in [0.05, 0.1) is 11.0 Å². The molecule has 7 aromatic carbocycles. The van der Waals surface area contributed by atoms with Crippen molar-refractivity contribution < 1.29 is 0 Å². The molecule has 3 aliphatic rings. The lowest BCUT2D eigenvalue weighted by Crippen LogP contribution is -2.50. The van der Waals surface area contributed by atoms with Gasteiger partial charge in [-0.3, -0.25) is 0 Å². The molecule has 0 atom stereocenters. The maximum atomic E-state index is 2.78. The van der Waals surface area contributed by atoms with Crippen molar-refractivity contribution in [2.45, 2.75) is 97.8 Å². The van der Waals surface area contributed by atoms with Crippen molar-refractivity contribution in [2.75, 3.05) is 4.90 Å². The first-order valence-corrected chi connectivity index (χ1v) is 23.0. The van der Waals surface area contributed by atoms with Crippen LogP contribution in [-0.4, -0.2) is 15.9 Å². The minimum absolute atomic E-state index is 0.00451. The standard InChI is InChI=1S/C59H56BN3/c1-56(2,3)35-24-27-39(28-25-35)62-49-34-37(58(7,8)9)33-43-40-21-17-22-42-51-48(31-30-47-50(51)41-20-15-16-23-46(41)61(47)38-18-13-12-14-19-38)63(54(40)42)60(52(43)49)53-44-32-36(57(4,5)6)26-29-45(44)59(10,11)55(53)62/h12-34H,1-11H3. The van der Waals surface area contributed by atoms with Crippen LogP contribution in [0.3, 0.4) is 0 Å². The largest absolute Gasteiger partial charge is 0.375 e. The second-order valence-corrected chi connectivity index (χ2v) is 22.3. The molecule has 4 heteroatoms. The minimum atomic E-state index is -0.283. The van der Waals surface area contributed by atoms with E-state index in [0.717, 1.165) is 0 Å². The Morgan fingerprint density at radius 1 is 0.476 bits per heavy atom. The SMILES string of the molecule is CC(C)(C)c1ccc(N2C3=C(B4c5c(cc(C(C)(C)C)cc52)-c2cccc5c6c7c8ccccc8n(-c8ccccc8)c7ccc6n4c25)c2cc(C(C)(C)C)ccc2C3(C)C)cc1. The van der Waals surface area contributed by atoms with Gasteiger partial charge in [-0.25, -0.2) is 0 Å². The topological polar surface area (TPSA) is 13.1 Å². The summed E-state index contributed by atoms with van der Waals surface area (Å²) in [6.45, 7) is 26.0. The van der Waals surface area contributed by atoms with Crippen molar-refractivity contribution in [1.82, 2.24) is 9.05 Å². The molecule has 1 aliphatic carbocycles. The molecule has 0 amide bonds. The third kappa shape index (κ3) is 5.15. The molecule has 0 unspecified atom stereocenters. The second-order valence-electron chi connectivity index (χ2n) is 22.3. The Hall–Kier alpha value is -6.26. The van der Waals surface area contributed by atoms with Crippen LogP contribution in [-0.2, 0) is 21.7 Å². The Morgan fingerprint density at radius 3 is 1.81 bits per heavy atom. The number of allylic oxidation sites excluding steroid dienone is 1. The highest BCUT2D eigenvalue weighted by Gasteiger charge is 2.53. The zero-order valence-electron chi connectivity index (χ0n) is 38.7. The van der Waals surface area contributed by atoms with Crippen molar-refractivity contribution in [3.63, 3.8) is 0 Å². The van der Waals surface area contributed by atoms with E-state index in [9.17, 15) is 0 Å². The van der Waals surface area contributed by atoms with Gasteiger partial charge >= 0.3 is 6.85 Å².